The lowest BCUT2D eigenvalue weighted by Gasteiger charge is -2.32. The molecule has 2 aromatic carbocycles. The molecule has 0 radical (unpaired) electrons. The van der Waals surface area contributed by atoms with Crippen LogP contribution in [0.4, 0.5) is 0 Å². The average Bonchev–Trinajstić information content (AvgIpc) is 2.98. The van der Waals surface area contributed by atoms with E-state index in [1.54, 1.807) is 35.2 Å². The van der Waals surface area contributed by atoms with Crippen molar-refractivity contribution < 1.29 is 24.2 Å². The molecule has 7 heteroatoms. The van der Waals surface area contributed by atoms with Gasteiger partial charge in [-0.2, -0.15) is 0 Å². The zero-order valence-electron chi connectivity index (χ0n) is 17.6. The summed E-state index contributed by atoms with van der Waals surface area (Å²) in [4.78, 5) is 40.1. The second kappa shape index (κ2) is 10.2. The third kappa shape index (κ3) is 5.30. The molecule has 2 atom stereocenters. The summed E-state index contributed by atoms with van der Waals surface area (Å²) in [6.07, 6.45) is 0.909. The first-order valence-electron chi connectivity index (χ1n) is 10.4. The lowest BCUT2D eigenvalue weighted by molar-refractivity contribution is -0.148. The maximum atomic E-state index is 12.9. The Balaban J connectivity index is 1.80. The van der Waals surface area contributed by atoms with Crippen molar-refractivity contribution in [3.8, 4) is 0 Å². The number of nitrogens with zero attached hydrogens (tertiary/aromatic N) is 1. The van der Waals surface area contributed by atoms with Crippen LogP contribution in [-0.4, -0.2) is 59.6 Å². The van der Waals surface area contributed by atoms with Crippen LogP contribution in [0.25, 0.3) is 0 Å². The van der Waals surface area contributed by atoms with Crippen LogP contribution in [0.1, 0.15) is 35.2 Å². The Morgan fingerprint density at radius 3 is 2.35 bits per heavy atom. The molecule has 7 nitrogen and oxygen atoms in total. The minimum Gasteiger partial charge on any atom is -0.467 e. The third-order valence-electron chi connectivity index (χ3n) is 5.80. The van der Waals surface area contributed by atoms with Crippen LogP contribution >= 0.6 is 0 Å². The van der Waals surface area contributed by atoms with Crippen LogP contribution in [0.2, 0.25) is 0 Å². The molecule has 3 rings (SSSR count). The first kappa shape index (κ1) is 22.5. The molecule has 2 N–H and O–H groups in total. The number of hydrogen-bond acceptors (Lipinski definition) is 5. The van der Waals surface area contributed by atoms with Gasteiger partial charge in [-0.05, 0) is 37.0 Å². The summed E-state index contributed by atoms with van der Waals surface area (Å²) in [7, 11) is 1.27. The van der Waals surface area contributed by atoms with Crippen LogP contribution in [0.3, 0.4) is 0 Å². The Kier molecular flexibility index (Phi) is 7.41. The molecule has 1 aliphatic heterocycles. The molecule has 0 bridgehead atoms. The zero-order chi connectivity index (χ0) is 22.3. The average molecular weight is 424 g/mol. The van der Waals surface area contributed by atoms with E-state index in [4.69, 9.17) is 4.74 Å². The van der Waals surface area contributed by atoms with Gasteiger partial charge in [0.15, 0.2) is 0 Å². The first-order chi connectivity index (χ1) is 15.0. The first-order valence-corrected chi connectivity index (χ1v) is 10.4. The summed E-state index contributed by atoms with van der Waals surface area (Å²) in [6, 6.07) is 17.8. The Morgan fingerprint density at radius 2 is 1.74 bits per heavy atom. The van der Waals surface area contributed by atoms with E-state index in [1.807, 2.05) is 30.3 Å². The van der Waals surface area contributed by atoms with Crippen LogP contribution in [-0.2, 0) is 20.7 Å². The van der Waals surface area contributed by atoms with Gasteiger partial charge < -0.3 is 20.1 Å². The van der Waals surface area contributed by atoms with Gasteiger partial charge in [0.2, 0.25) is 5.91 Å². The van der Waals surface area contributed by atoms with Gasteiger partial charge in [-0.25, -0.2) is 4.79 Å². The number of carbonyl (C=O) groups is 3. The largest absolute Gasteiger partial charge is 0.467 e. The van der Waals surface area contributed by atoms with Gasteiger partial charge in [-0.1, -0.05) is 48.5 Å². The van der Waals surface area contributed by atoms with E-state index in [9.17, 15) is 19.5 Å². The third-order valence-corrected chi connectivity index (χ3v) is 5.80. The molecule has 2 aromatic rings. The Morgan fingerprint density at radius 1 is 1.10 bits per heavy atom. The van der Waals surface area contributed by atoms with E-state index in [0.29, 0.717) is 12.0 Å². The van der Waals surface area contributed by atoms with E-state index in [2.05, 4.69) is 5.32 Å². The fourth-order valence-corrected chi connectivity index (χ4v) is 4.03. The lowest BCUT2D eigenvalue weighted by atomic mass is 9.90. The van der Waals surface area contributed by atoms with Crippen molar-refractivity contribution >= 4 is 17.8 Å². The van der Waals surface area contributed by atoms with Gasteiger partial charge in [0.05, 0.1) is 19.8 Å². The molecule has 2 amide bonds. The van der Waals surface area contributed by atoms with E-state index >= 15 is 0 Å². The number of likely N-dealkylation sites (tertiary alicyclic amines) is 1. The number of benzene rings is 2. The minimum atomic E-state index is -1.31. The highest BCUT2D eigenvalue weighted by Gasteiger charge is 2.45. The molecular weight excluding hydrogens is 396 g/mol. The van der Waals surface area contributed by atoms with E-state index < -0.39 is 23.5 Å². The second-order valence-electron chi connectivity index (χ2n) is 7.76. The number of carbonyl (C=O) groups excluding carboxylic acids is 3. The normalized spacial score (nSPS) is 19.9. The van der Waals surface area contributed by atoms with Crippen molar-refractivity contribution in [3.63, 3.8) is 0 Å². The highest BCUT2D eigenvalue weighted by atomic mass is 16.5. The molecule has 1 heterocycles. The van der Waals surface area contributed by atoms with Gasteiger partial charge in [0.1, 0.15) is 5.54 Å². The highest BCUT2D eigenvalue weighted by molar-refractivity contribution is 5.98. The summed E-state index contributed by atoms with van der Waals surface area (Å²) < 4.78 is 5.01. The number of nitrogens with one attached hydrogen (secondary N) is 1. The number of methoxy groups -OCH3 is 1. The Bertz CT molecular complexity index is 903. The number of amides is 2. The number of hydrogen-bond donors (Lipinski definition) is 2. The molecule has 1 saturated heterocycles. The number of aliphatic hydroxyl groups is 1. The molecule has 1 fully saturated rings. The predicted molar refractivity (Wildman–Crippen MR) is 115 cm³/mol. The summed E-state index contributed by atoms with van der Waals surface area (Å²) >= 11 is 0. The zero-order valence-corrected chi connectivity index (χ0v) is 17.6. The predicted octanol–water partition coefficient (Wildman–Crippen LogP) is 1.94. The molecule has 0 spiro atoms. The Labute approximate surface area is 182 Å². The maximum Gasteiger partial charge on any atom is 0.331 e. The SMILES string of the molecule is COC(=O)[C@@]1(NC(=O)c2ccccc2)CCC(=O)N([C@H](CO)Cc2ccccc2)CC1. The lowest BCUT2D eigenvalue weighted by Crippen LogP contribution is -2.55. The molecular formula is C24H28N2O5. The quantitative estimate of drug-likeness (QED) is 0.663. The van der Waals surface area contributed by atoms with Crippen LogP contribution in [0.15, 0.2) is 60.7 Å². The fourth-order valence-electron chi connectivity index (χ4n) is 4.03. The van der Waals surface area contributed by atoms with E-state index in [1.165, 1.54) is 7.11 Å². The molecule has 1 aliphatic rings. The standard InChI is InChI=1S/C24H28N2O5/c1-31-23(30)24(25-22(29)19-10-6-3-7-11-19)13-12-21(28)26(15-14-24)20(17-27)16-18-8-4-2-5-9-18/h2-11,20,27H,12-17H2,1H3,(H,25,29)/t20-,24+/m0/s1. The highest BCUT2D eigenvalue weighted by Crippen LogP contribution is 2.27. The summed E-state index contributed by atoms with van der Waals surface area (Å²) in [6.45, 7) is 0.0310. The van der Waals surface area contributed by atoms with E-state index in [-0.39, 0.29) is 38.3 Å². The van der Waals surface area contributed by atoms with Crippen molar-refractivity contribution in [3.05, 3.63) is 71.8 Å². The second-order valence-corrected chi connectivity index (χ2v) is 7.76. The van der Waals surface area contributed by atoms with Crippen molar-refractivity contribution in [1.29, 1.82) is 0 Å². The molecule has 0 aliphatic carbocycles. The van der Waals surface area contributed by atoms with Crippen LogP contribution in [0.5, 0.6) is 0 Å². The van der Waals surface area contributed by atoms with Gasteiger partial charge in [-0.3, -0.25) is 9.59 Å². The summed E-state index contributed by atoms with van der Waals surface area (Å²) in [5.41, 5.74) is 0.129. The van der Waals surface area contributed by atoms with Crippen molar-refractivity contribution in [2.45, 2.75) is 37.3 Å². The monoisotopic (exact) mass is 424 g/mol. The summed E-state index contributed by atoms with van der Waals surface area (Å²) in [5, 5.41) is 12.8. The van der Waals surface area contributed by atoms with Gasteiger partial charge in [0, 0.05) is 18.5 Å². The van der Waals surface area contributed by atoms with Crippen molar-refractivity contribution in [2.75, 3.05) is 20.3 Å². The topological polar surface area (TPSA) is 95.9 Å². The number of rotatable bonds is 7. The molecule has 0 saturated carbocycles. The Hall–Kier alpha value is -3.19. The van der Waals surface area contributed by atoms with Crippen LogP contribution in [0, 0.1) is 0 Å². The smallest absolute Gasteiger partial charge is 0.331 e. The van der Waals surface area contributed by atoms with Crippen LogP contribution < -0.4 is 5.32 Å². The van der Waals surface area contributed by atoms with Gasteiger partial charge >= 0.3 is 5.97 Å². The van der Waals surface area contributed by atoms with Gasteiger partial charge in [-0.15, -0.1) is 0 Å². The number of aliphatic hydroxyl groups excluding tert-OH is 1. The number of ether oxygens (including phenoxy) is 1. The fraction of sp³-hybridized carbons (Fsp3) is 0.375. The molecule has 31 heavy (non-hydrogen) atoms. The van der Waals surface area contributed by atoms with E-state index in [0.717, 1.165) is 5.56 Å². The van der Waals surface area contributed by atoms with Gasteiger partial charge in [0.25, 0.3) is 5.91 Å². The molecule has 164 valence electrons. The number of esters is 1. The molecule has 0 aromatic heterocycles. The van der Waals surface area contributed by atoms with Crippen molar-refractivity contribution in [1.82, 2.24) is 10.2 Å². The maximum absolute atomic E-state index is 12.9. The molecule has 0 unspecified atom stereocenters. The summed E-state index contributed by atoms with van der Waals surface area (Å²) in [5.74, 6) is -1.13. The minimum absolute atomic E-state index is 0.0649. The van der Waals surface area contributed by atoms with Crippen molar-refractivity contribution in [2.24, 2.45) is 0 Å².